The minimum Gasteiger partial charge on any atom is -0.312 e. The van der Waals surface area contributed by atoms with Crippen molar-refractivity contribution in [2.45, 2.75) is 25.0 Å². The Morgan fingerprint density at radius 1 is 0.897 bits per heavy atom. The van der Waals surface area contributed by atoms with E-state index >= 15 is 0 Å². The highest BCUT2D eigenvalue weighted by molar-refractivity contribution is 7.80. The summed E-state index contributed by atoms with van der Waals surface area (Å²) in [5, 5.41) is 0.202. The first-order chi connectivity index (χ1) is 13.9. The number of benzene rings is 2. The van der Waals surface area contributed by atoms with Crippen molar-refractivity contribution in [2.75, 3.05) is 16.3 Å². The van der Waals surface area contributed by atoms with Gasteiger partial charge in [0.1, 0.15) is 0 Å². The number of nitrogens with zero attached hydrogens (tertiary/aromatic N) is 2. The van der Waals surface area contributed by atoms with E-state index in [1.807, 2.05) is 48.2 Å². The first kappa shape index (κ1) is 19.5. The lowest BCUT2D eigenvalue weighted by molar-refractivity contribution is -0.120. The maximum Gasteiger partial charge on any atom is 0.258 e. The molecule has 29 heavy (non-hydrogen) atoms. The molecule has 5 nitrogen and oxygen atoms in total. The maximum atomic E-state index is 12.3. The van der Waals surface area contributed by atoms with Crippen LogP contribution in [0, 0.1) is 5.92 Å². The fourth-order valence-corrected chi connectivity index (χ4v) is 3.95. The molecule has 0 spiro atoms. The fourth-order valence-electron chi connectivity index (χ4n) is 3.75. The number of anilines is 2. The number of rotatable bonds is 5. The van der Waals surface area contributed by atoms with Crippen molar-refractivity contribution in [1.82, 2.24) is 0 Å². The first-order valence-corrected chi connectivity index (χ1v) is 10.2. The van der Waals surface area contributed by atoms with E-state index in [9.17, 15) is 14.4 Å². The lowest BCUT2D eigenvalue weighted by atomic mass is 10.0. The molecule has 2 aliphatic heterocycles. The SMILES string of the molecule is CC(S)C1CC(=O)N(c2ccc(Cc3ccc(N4C(=O)C=CC4=O)cc3)cc2)C1. The lowest BCUT2D eigenvalue weighted by Gasteiger charge is -2.18. The van der Waals surface area contributed by atoms with E-state index in [0.29, 0.717) is 18.7 Å². The summed E-state index contributed by atoms with van der Waals surface area (Å²) < 4.78 is 0. The molecule has 2 aliphatic rings. The summed E-state index contributed by atoms with van der Waals surface area (Å²) in [5.74, 6) is -0.193. The monoisotopic (exact) mass is 406 g/mol. The van der Waals surface area contributed by atoms with Crippen LogP contribution in [-0.4, -0.2) is 29.5 Å². The van der Waals surface area contributed by atoms with Crippen LogP contribution in [-0.2, 0) is 20.8 Å². The molecular formula is C23H22N2O3S. The van der Waals surface area contributed by atoms with Crippen molar-refractivity contribution in [1.29, 1.82) is 0 Å². The van der Waals surface area contributed by atoms with Crippen LogP contribution in [0.4, 0.5) is 11.4 Å². The fraction of sp³-hybridized carbons (Fsp3) is 0.261. The molecule has 2 aromatic rings. The second-order valence-electron chi connectivity index (χ2n) is 7.56. The van der Waals surface area contributed by atoms with Crippen molar-refractivity contribution in [3.8, 4) is 0 Å². The van der Waals surface area contributed by atoms with Crippen molar-refractivity contribution < 1.29 is 14.4 Å². The summed E-state index contributed by atoms with van der Waals surface area (Å²) in [4.78, 5) is 38.8. The first-order valence-electron chi connectivity index (χ1n) is 9.65. The minimum absolute atomic E-state index is 0.153. The molecule has 2 heterocycles. The Kier molecular flexibility index (Phi) is 5.28. The van der Waals surface area contributed by atoms with E-state index in [1.165, 1.54) is 12.2 Å². The van der Waals surface area contributed by atoms with Crippen molar-refractivity contribution in [2.24, 2.45) is 5.92 Å². The molecule has 2 unspecified atom stereocenters. The summed E-state index contributed by atoms with van der Waals surface area (Å²) in [6, 6.07) is 15.5. The molecule has 0 radical (unpaired) electrons. The van der Waals surface area contributed by atoms with Crippen LogP contribution in [0.1, 0.15) is 24.5 Å². The largest absolute Gasteiger partial charge is 0.312 e. The molecule has 148 valence electrons. The van der Waals surface area contributed by atoms with Gasteiger partial charge in [0.05, 0.1) is 5.69 Å². The smallest absolute Gasteiger partial charge is 0.258 e. The van der Waals surface area contributed by atoms with Crippen LogP contribution in [0.2, 0.25) is 0 Å². The molecule has 2 aromatic carbocycles. The molecule has 6 heteroatoms. The topological polar surface area (TPSA) is 57.7 Å². The van der Waals surface area contributed by atoms with E-state index in [0.717, 1.165) is 28.1 Å². The molecule has 0 N–H and O–H groups in total. The number of carbonyl (C=O) groups is 3. The molecule has 2 atom stereocenters. The molecular weight excluding hydrogens is 384 g/mol. The van der Waals surface area contributed by atoms with Crippen molar-refractivity contribution in [3.05, 3.63) is 71.8 Å². The third-order valence-corrected chi connectivity index (χ3v) is 5.92. The van der Waals surface area contributed by atoms with Crippen LogP contribution in [0.15, 0.2) is 60.7 Å². The van der Waals surface area contributed by atoms with E-state index in [2.05, 4.69) is 12.6 Å². The Labute approximate surface area is 175 Å². The molecule has 1 fully saturated rings. The molecule has 4 rings (SSSR count). The van der Waals surface area contributed by atoms with Crippen LogP contribution in [0.25, 0.3) is 0 Å². The Bertz CT molecular complexity index is 962. The highest BCUT2D eigenvalue weighted by atomic mass is 32.1. The Morgan fingerprint density at radius 3 is 1.90 bits per heavy atom. The summed E-state index contributed by atoms with van der Waals surface area (Å²) in [7, 11) is 0. The molecule has 0 aromatic heterocycles. The lowest BCUT2D eigenvalue weighted by Crippen LogP contribution is -2.29. The third-order valence-electron chi connectivity index (χ3n) is 5.50. The average Bonchev–Trinajstić information content (AvgIpc) is 3.26. The number of amides is 3. The number of carbonyl (C=O) groups excluding carboxylic acids is 3. The molecule has 1 saturated heterocycles. The standard InChI is InChI=1S/C23H22N2O3S/c1-15(29)18-13-23(28)24(14-18)19-6-2-16(3-7-19)12-17-4-8-20(9-5-17)25-21(26)10-11-22(25)27/h2-11,15,18,29H,12-14H2,1H3. The van der Waals surface area contributed by atoms with Gasteiger partial charge in [0.15, 0.2) is 0 Å². The van der Waals surface area contributed by atoms with Gasteiger partial charge in [-0.2, -0.15) is 12.6 Å². The summed E-state index contributed by atoms with van der Waals surface area (Å²) in [6.45, 7) is 2.75. The quantitative estimate of drug-likeness (QED) is 0.612. The molecule has 0 saturated carbocycles. The van der Waals surface area contributed by atoms with Crippen molar-refractivity contribution in [3.63, 3.8) is 0 Å². The highest BCUT2D eigenvalue weighted by Gasteiger charge is 2.32. The normalized spacial score (nSPS) is 20.1. The van der Waals surface area contributed by atoms with Gasteiger partial charge in [0.2, 0.25) is 5.91 Å². The summed E-state index contributed by atoms with van der Waals surface area (Å²) >= 11 is 4.48. The Hall–Kier alpha value is -2.86. The predicted octanol–water partition coefficient (Wildman–Crippen LogP) is 3.38. The van der Waals surface area contributed by atoms with Crippen LogP contribution < -0.4 is 9.80 Å². The zero-order chi connectivity index (χ0) is 20.5. The van der Waals surface area contributed by atoms with Gasteiger partial charge < -0.3 is 4.90 Å². The second-order valence-corrected chi connectivity index (χ2v) is 8.38. The van der Waals surface area contributed by atoms with Gasteiger partial charge in [0.25, 0.3) is 11.8 Å². The van der Waals surface area contributed by atoms with E-state index in [-0.39, 0.29) is 28.9 Å². The van der Waals surface area contributed by atoms with Crippen molar-refractivity contribution >= 4 is 41.7 Å². The van der Waals surface area contributed by atoms with E-state index in [1.54, 1.807) is 12.1 Å². The highest BCUT2D eigenvalue weighted by Crippen LogP contribution is 2.29. The third kappa shape index (κ3) is 3.98. The Balaban J connectivity index is 1.42. The number of hydrogen-bond acceptors (Lipinski definition) is 4. The van der Waals surface area contributed by atoms with Crippen LogP contribution >= 0.6 is 12.6 Å². The summed E-state index contributed by atoms with van der Waals surface area (Å²) in [5.41, 5.74) is 3.70. The van der Waals surface area contributed by atoms with Gasteiger partial charge in [-0.15, -0.1) is 0 Å². The molecule has 3 amide bonds. The van der Waals surface area contributed by atoms with Gasteiger partial charge in [-0.05, 0) is 47.7 Å². The van der Waals surface area contributed by atoms with Gasteiger partial charge in [-0.1, -0.05) is 31.2 Å². The zero-order valence-corrected chi connectivity index (χ0v) is 17.0. The van der Waals surface area contributed by atoms with E-state index in [4.69, 9.17) is 0 Å². The van der Waals surface area contributed by atoms with Gasteiger partial charge in [-0.3, -0.25) is 14.4 Å². The average molecular weight is 407 g/mol. The van der Waals surface area contributed by atoms with Crippen LogP contribution in [0.5, 0.6) is 0 Å². The van der Waals surface area contributed by atoms with E-state index < -0.39 is 0 Å². The van der Waals surface area contributed by atoms with Gasteiger partial charge in [0, 0.05) is 36.1 Å². The van der Waals surface area contributed by atoms with Gasteiger partial charge >= 0.3 is 0 Å². The summed E-state index contributed by atoms with van der Waals surface area (Å²) in [6.07, 6.45) is 3.84. The van der Waals surface area contributed by atoms with Crippen LogP contribution in [0.3, 0.4) is 0 Å². The minimum atomic E-state index is -0.315. The Morgan fingerprint density at radius 2 is 1.41 bits per heavy atom. The predicted molar refractivity (Wildman–Crippen MR) is 116 cm³/mol. The number of imide groups is 1. The van der Waals surface area contributed by atoms with Gasteiger partial charge in [-0.25, -0.2) is 4.90 Å². The number of hydrogen-bond donors (Lipinski definition) is 1. The zero-order valence-electron chi connectivity index (χ0n) is 16.1. The maximum absolute atomic E-state index is 12.3. The number of thiol groups is 1. The molecule has 0 bridgehead atoms. The second kappa shape index (κ2) is 7.87. The molecule has 0 aliphatic carbocycles.